The fourth-order valence-electron chi connectivity index (χ4n) is 5.10. The minimum atomic E-state index is -3.97. The number of pyridine rings is 1. The molecule has 0 radical (unpaired) electrons. The van der Waals surface area contributed by atoms with Crippen molar-refractivity contribution in [2.75, 3.05) is 19.7 Å². The number of benzene rings is 3. The van der Waals surface area contributed by atoms with Crippen molar-refractivity contribution in [2.45, 2.75) is 11.8 Å². The summed E-state index contributed by atoms with van der Waals surface area (Å²) >= 11 is 0. The molecule has 2 aromatic heterocycles. The minimum absolute atomic E-state index is 0.124. The summed E-state index contributed by atoms with van der Waals surface area (Å²) < 4.78 is 34.7. The molecule has 1 aliphatic rings. The third-order valence-electron chi connectivity index (χ3n) is 7.29. The van der Waals surface area contributed by atoms with Gasteiger partial charge in [-0.15, -0.1) is 6.58 Å². The predicted octanol–water partition coefficient (Wildman–Crippen LogP) is 5.81. The summed E-state index contributed by atoms with van der Waals surface area (Å²) in [6, 6.07) is 23.1. The Morgan fingerprint density at radius 1 is 1.02 bits per heavy atom. The second-order valence-corrected chi connectivity index (χ2v) is 11.9. The molecule has 0 aliphatic carbocycles. The molecule has 0 saturated heterocycles. The smallest absolute Gasteiger partial charge is 0.269 e. The van der Waals surface area contributed by atoms with Crippen LogP contribution in [0.15, 0.2) is 103 Å². The van der Waals surface area contributed by atoms with Gasteiger partial charge in [0.15, 0.2) is 5.65 Å². The number of carbonyl (C=O) groups excluding carboxylic acids is 1. The third-order valence-corrected chi connectivity index (χ3v) is 8.96. The first-order chi connectivity index (χ1) is 20.3. The highest BCUT2D eigenvalue weighted by Gasteiger charge is 2.25. The van der Waals surface area contributed by atoms with Gasteiger partial charge in [-0.05, 0) is 60.5 Å². The van der Waals surface area contributed by atoms with Gasteiger partial charge in [0.25, 0.3) is 15.9 Å². The van der Waals surface area contributed by atoms with E-state index in [1.165, 1.54) is 3.97 Å². The Balaban J connectivity index is 1.51. The molecule has 0 saturated carbocycles. The van der Waals surface area contributed by atoms with Gasteiger partial charge in [0, 0.05) is 35.5 Å². The van der Waals surface area contributed by atoms with E-state index in [1.54, 1.807) is 71.9 Å². The summed E-state index contributed by atoms with van der Waals surface area (Å²) in [5, 5.41) is 10.1. The van der Waals surface area contributed by atoms with Crippen LogP contribution in [0.25, 0.3) is 33.3 Å². The number of hydrogen-bond donors (Lipinski definition) is 0. The molecule has 1 amide bonds. The summed E-state index contributed by atoms with van der Waals surface area (Å²) in [4.78, 5) is 19.5. The quantitative estimate of drug-likeness (QED) is 0.237. The Morgan fingerprint density at radius 3 is 2.60 bits per heavy atom. The Bertz CT molecular complexity index is 2020. The van der Waals surface area contributed by atoms with E-state index in [2.05, 4.69) is 17.6 Å². The van der Waals surface area contributed by atoms with E-state index in [4.69, 9.17) is 4.74 Å². The molecule has 42 heavy (non-hydrogen) atoms. The molecule has 0 atom stereocenters. The van der Waals surface area contributed by atoms with Crippen molar-refractivity contribution in [1.29, 1.82) is 5.26 Å². The van der Waals surface area contributed by atoms with Crippen molar-refractivity contribution in [2.24, 2.45) is 0 Å². The maximum Gasteiger partial charge on any atom is 0.269 e. The summed E-state index contributed by atoms with van der Waals surface area (Å²) in [6.45, 7) is 6.87. The molecule has 0 bridgehead atoms. The molecule has 0 spiro atoms. The van der Waals surface area contributed by atoms with Gasteiger partial charge in [-0.2, -0.15) is 5.26 Å². The molecule has 0 unspecified atom stereocenters. The van der Waals surface area contributed by atoms with E-state index >= 15 is 0 Å². The fraction of sp³-hybridized carbons (Fsp3) is 0.121. The number of ether oxygens (including phenoxy) is 1. The topological polar surface area (TPSA) is 105 Å². The Labute approximate surface area is 243 Å². The number of nitriles is 1. The number of aromatic nitrogens is 2. The van der Waals surface area contributed by atoms with Crippen LogP contribution < -0.4 is 4.74 Å². The lowest BCUT2D eigenvalue weighted by Gasteiger charge is -2.17. The van der Waals surface area contributed by atoms with Gasteiger partial charge < -0.3 is 9.64 Å². The van der Waals surface area contributed by atoms with Crippen LogP contribution in [-0.4, -0.2) is 47.9 Å². The number of rotatable bonds is 6. The monoisotopic (exact) mass is 574 g/mol. The van der Waals surface area contributed by atoms with Crippen LogP contribution in [0.4, 0.5) is 0 Å². The number of carbonyl (C=O) groups is 1. The van der Waals surface area contributed by atoms with Crippen LogP contribution in [-0.2, 0) is 10.0 Å². The highest BCUT2D eigenvalue weighted by atomic mass is 32.2. The first-order valence-corrected chi connectivity index (χ1v) is 14.8. The second kappa shape index (κ2) is 10.7. The van der Waals surface area contributed by atoms with Crippen molar-refractivity contribution >= 4 is 27.0 Å². The van der Waals surface area contributed by atoms with Gasteiger partial charge in [0.2, 0.25) is 0 Å². The van der Waals surface area contributed by atoms with E-state index in [1.807, 2.05) is 31.2 Å². The van der Waals surface area contributed by atoms with Crippen LogP contribution in [0.1, 0.15) is 21.5 Å². The average Bonchev–Trinajstić information content (AvgIpc) is 3.33. The van der Waals surface area contributed by atoms with Gasteiger partial charge in [-0.3, -0.25) is 4.79 Å². The molecule has 3 aromatic carbocycles. The van der Waals surface area contributed by atoms with E-state index in [0.29, 0.717) is 53.1 Å². The molecular weight excluding hydrogens is 548 g/mol. The number of aryl methyl sites for hydroxylation is 1. The van der Waals surface area contributed by atoms with E-state index in [-0.39, 0.29) is 16.4 Å². The van der Waals surface area contributed by atoms with E-state index in [0.717, 1.165) is 16.7 Å². The summed E-state index contributed by atoms with van der Waals surface area (Å²) in [7, 11) is -3.97. The molecule has 0 fully saturated rings. The predicted molar refractivity (Wildman–Crippen MR) is 161 cm³/mol. The van der Waals surface area contributed by atoms with Crippen LogP contribution >= 0.6 is 0 Å². The van der Waals surface area contributed by atoms with Crippen molar-refractivity contribution in [3.8, 4) is 34.1 Å². The summed E-state index contributed by atoms with van der Waals surface area (Å²) in [5.41, 5.74) is 4.92. The maximum absolute atomic E-state index is 13.8. The summed E-state index contributed by atoms with van der Waals surface area (Å²) in [6.07, 6.45) is 4.86. The van der Waals surface area contributed by atoms with Crippen LogP contribution in [0.3, 0.4) is 0 Å². The lowest BCUT2D eigenvalue weighted by atomic mass is 10.00. The molecule has 3 heterocycles. The van der Waals surface area contributed by atoms with E-state index in [9.17, 15) is 18.5 Å². The van der Waals surface area contributed by atoms with Gasteiger partial charge in [0.1, 0.15) is 12.4 Å². The molecular formula is C33H26N4O4S. The fourth-order valence-corrected chi connectivity index (χ4v) is 6.42. The number of nitrogens with zero attached hydrogens (tertiary/aromatic N) is 4. The first-order valence-electron chi connectivity index (χ1n) is 13.3. The maximum atomic E-state index is 13.8. The van der Waals surface area contributed by atoms with Gasteiger partial charge in [-0.1, -0.05) is 42.0 Å². The molecule has 0 N–H and O–H groups in total. The highest BCUT2D eigenvalue weighted by molar-refractivity contribution is 7.90. The standard InChI is InChI=1S/C33H26N4O4S/c1-3-13-36-14-15-41-31-18-24(9-12-28(31)33(36)38)26-17-29-30(25-6-4-5-23(16-25)19-34)21-37(32(29)35-20-26)42(39,40)27-10-7-22(2)8-11-27/h3-12,16-18,20-21H,1,13-15H2,2H3. The zero-order valence-corrected chi connectivity index (χ0v) is 23.6. The van der Waals surface area contributed by atoms with Gasteiger partial charge >= 0.3 is 0 Å². The van der Waals surface area contributed by atoms with Crippen LogP contribution in [0.2, 0.25) is 0 Å². The number of amides is 1. The number of fused-ring (bicyclic) bond motifs is 2. The third kappa shape index (κ3) is 4.72. The van der Waals surface area contributed by atoms with Gasteiger partial charge in [-0.25, -0.2) is 17.4 Å². The van der Waals surface area contributed by atoms with E-state index < -0.39 is 10.0 Å². The largest absolute Gasteiger partial charge is 0.491 e. The first kappa shape index (κ1) is 27.0. The van der Waals surface area contributed by atoms with Crippen molar-refractivity contribution in [1.82, 2.24) is 13.9 Å². The second-order valence-electron chi connectivity index (χ2n) is 10.0. The van der Waals surface area contributed by atoms with Crippen molar-refractivity contribution in [3.05, 3.63) is 115 Å². The average molecular weight is 575 g/mol. The van der Waals surface area contributed by atoms with Crippen molar-refractivity contribution < 1.29 is 17.9 Å². The molecule has 208 valence electrons. The Kier molecular flexibility index (Phi) is 6.85. The normalized spacial score (nSPS) is 13.2. The molecule has 8 nitrogen and oxygen atoms in total. The lowest BCUT2D eigenvalue weighted by molar-refractivity contribution is 0.0775. The number of hydrogen-bond acceptors (Lipinski definition) is 6. The zero-order chi connectivity index (χ0) is 29.4. The minimum Gasteiger partial charge on any atom is -0.491 e. The zero-order valence-electron chi connectivity index (χ0n) is 22.8. The molecule has 1 aliphatic heterocycles. The highest BCUT2D eigenvalue weighted by Crippen LogP contribution is 2.36. The Hall–Kier alpha value is -5.20. The molecule has 9 heteroatoms. The van der Waals surface area contributed by atoms with Crippen LogP contribution in [0, 0.1) is 18.3 Å². The molecule has 6 rings (SSSR count). The lowest BCUT2D eigenvalue weighted by Crippen LogP contribution is -2.32. The SMILES string of the molecule is C=CCN1CCOc2cc(-c3cnc4c(c3)c(-c3cccc(C#N)c3)cn4S(=O)(=O)c3ccc(C)cc3)ccc2C1=O. The summed E-state index contributed by atoms with van der Waals surface area (Å²) in [5.74, 6) is 0.353. The van der Waals surface area contributed by atoms with Gasteiger partial charge in [0.05, 0.1) is 28.6 Å². The molecule has 5 aromatic rings. The van der Waals surface area contributed by atoms with Crippen molar-refractivity contribution in [3.63, 3.8) is 0 Å². The Morgan fingerprint density at radius 2 is 1.83 bits per heavy atom. The van der Waals surface area contributed by atoms with Crippen LogP contribution in [0.5, 0.6) is 5.75 Å².